The lowest BCUT2D eigenvalue weighted by molar-refractivity contribution is 1.08. The summed E-state index contributed by atoms with van der Waals surface area (Å²) in [6.07, 6.45) is 3.46. The quantitative estimate of drug-likeness (QED) is 0.374. The van der Waals surface area contributed by atoms with E-state index >= 15 is 0 Å². The molecule has 0 aliphatic rings. The first-order valence-corrected chi connectivity index (χ1v) is 9.52. The number of nitrogens with zero attached hydrogens (tertiary/aromatic N) is 3. The first-order chi connectivity index (χ1) is 13.6. The fraction of sp³-hybridized carbons (Fsp3) is 0.0500. The van der Waals surface area contributed by atoms with Crippen LogP contribution in [0.3, 0.4) is 0 Å². The molecule has 5 rings (SSSR count). The Morgan fingerprint density at radius 2 is 1.86 bits per heavy atom. The SMILES string of the molecule is NCc1ccc2sc(-c3cc(-c4cnc(N)nc4N)cc4cn[nH]c34)cc2c1. The van der Waals surface area contributed by atoms with E-state index in [9.17, 15) is 0 Å². The van der Waals surface area contributed by atoms with Crippen molar-refractivity contribution >= 4 is 44.1 Å². The Morgan fingerprint density at radius 1 is 0.964 bits per heavy atom. The molecule has 0 bridgehead atoms. The van der Waals surface area contributed by atoms with Crippen molar-refractivity contribution in [1.82, 2.24) is 20.2 Å². The summed E-state index contributed by atoms with van der Waals surface area (Å²) in [5, 5.41) is 9.50. The molecule has 2 aromatic carbocycles. The van der Waals surface area contributed by atoms with Gasteiger partial charge in [-0.25, -0.2) is 4.98 Å². The Bertz CT molecular complexity index is 1340. The standard InChI is InChI=1S/C20H17N7S/c21-7-10-1-2-16-12(3-10)6-17(28-16)14-5-11(4-13-8-25-27-18(13)14)15-9-24-20(23)26-19(15)22/h1-6,8-9H,7,21H2,(H,25,27)(H4,22,23,24,26). The van der Waals surface area contributed by atoms with Crippen LogP contribution < -0.4 is 17.2 Å². The lowest BCUT2D eigenvalue weighted by atomic mass is 10.0. The van der Waals surface area contributed by atoms with Gasteiger partial charge in [-0.2, -0.15) is 10.1 Å². The maximum Gasteiger partial charge on any atom is 0.221 e. The molecule has 28 heavy (non-hydrogen) atoms. The van der Waals surface area contributed by atoms with Crippen LogP contribution in [0.4, 0.5) is 11.8 Å². The van der Waals surface area contributed by atoms with E-state index in [2.05, 4.69) is 50.5 Å². The summed E-state index contributed by atoms with van der Waals surface area (Å²) in [4.78, 5) is 9.31. The van der Waals surface area contributed by atoms with Crippen LogP contribution in [0.1, 0.15) is 5.56 Å². The fourth-order valence-electron chi connectivity index (χ4n) is 3.39. The van der Waals surface area contributed by atoms with Crippen molar-refractivity contribution in [3.8, 4) is 21.6 Å². The van der Waals surface area contributed by atoms with E-state index in [0.717, 1.165) is 38.0 Å². The highest BCUT2D eigenvalue weighted by Crippen LogP contribution is 2.39. The van der Waals surface area contributed by atoms with Crippen LogP contribution in [-0.2, 0) is 6.54 Å². The van der Waals surface area contributed by atoms with Crippen LogP contribution in [0.2, 0.25) is 0 Å². The number of nitrogens with one attached hydrogen (secondary N) is 1. The highest BCUT2D eigenvalue weighted by molar-refractivity contribution is 7.22. The minimum absolute atomic E-state index is 0.158. The molecule has 0 unspecified atom stereocenters. The lowest BCUT2D eigenvalue weighted by Crippen LogP contribution is -2.01. The van der Waals surface area contributed by atoms with E-state index in [1.807, 2.05) is 6.07 Å². The molecule has 0 amide bonds. The van der Waals surface area contributed by atoms with E-state index in [0.29, 0.717) is 12.4 Å². The van der Waals surface area contributed by atoms with E-state index in [4.69, 9.17) is 17.2 Å². The first-order valence-electron chi connectivity index (χ1n) is 8.71. The molecule has 7 nitrogen and oxygen atoms in total. The van der Waals surface area contributed by atoms with Gasteiger partial charge in [0.2, 0.25) is 5.95 Å². The number of nitrogen functional groups attached to an aromatic ring is 2. The predicted molar refractivity (Wildman–Crippen MR) is 115 cm³/mol. The maximum atomic E-state index is 6.09. The second-order valence-electron chi connectivity index (χ2n) is 6.57. The summed E-state index contributed by atoms with van der Waals surface area (Å²) < 4.78 is 1.21. The molecule has 0 spiro atoms. The average Bonchev–Trinajstić information content (AvgIpc) is 3.33. The van der Waals surface area contributed by atoms with Crippen molar-refractivity contribution in [3.05, 3.63) is 54.4 Å². The Morgan fingerprint density at radius 3 is 2.68 bits per heavy atom. The highest BCUT2D eigenvalue weighted by Gasteiger charge is 2.14. The van der Waals surface area contributed by atoms with Gasteiger partial charge in [-0.3, -0.25) is 5.10 Å². The Kier molecular flexibility index (Phi) is 3.75. The van der Waals surface area contributed by atoms with Gasteiger partial charge in [0.1, 0.15) is 5.82 Å². The van der Waals surface area contributed by atoms with Crippen LogP contribution in [0.5, 0.6) is 0 Å². The van der Waals surface area contributed by atoms with Crippen LogP contribution in [-0.4, -0.2) is 20.2 Å². The number of anilines is 2. The van der Waals surface area contributed by atoms with Gasteiger partial charge in [0.25, 0.3) is 0 Å². The number of nitrogens with two attached hydrogens (primary N) is 3. The molecule has 3 heterocycles. The zero-order chi connectivity index (χ0) is 19.3. The van der Waals surface area contributed by atoms with Gasteiger partial charge in [-0.05, 0) is 46.8 Å². The average molecular weight is 387 g/mol. The molecular formula is C20H17N7S. The smallest absolute Gasteiger partial charge is 0.221 e. The number of benzene rings is 2. The number of rotatable bonds is 3. The number of hydrogen-bond donors (Lipinski definition) is 4. The van der Waals surface area contributed by atoms with E-state index < -0.39 is 0 Å². The van der Waals surface area contributed by atoms with Crippen molar-refractivity contribution < 1.29 is 0 Å². The number of aromatic amines is 1. The maximum absolute atomic E-state index is 6.09. The third-order valence-electron chi connectivity index (χ3n) is 4.78. The van der Waals surface area contributed by atoms with Gasteiger partial charge in [-0.15, -0.1) is 11.3 Å². The second-order valence-corrected chi connectivity index (χ2v) is 7.66. The van der Waals surface area contributed by atoms with Crippen LogP contribution in [0, 0.1) is 0 Å². The molecule has 0 saturated heterocycles. The molecule has 0 saturated carbocycles. The third kappa shape index (κ3) is 2.67. The topological polar surface area (TPSA) is 133 Å². The number of H-pyrrole nitrogens is 1. The van der Waals surface area contributed by atoms with Crippen LogP contribution in [0.25, 0.3) is 42.6 Å². The van der Waals surface area contributed by atoms with E-state index in [-0.39, 0.29) is 5.95 Å². The van der Waals surface area contributed by atoms with Crippen molar-refractivity contribution in [2.45, 2.75) is 6.54 Å². The minimum atomic E-state index is 0.158. The van der Waals surface area contributed by atoms with Crippen molar-refractivity contribution in [3.63, 3.8) is 0 Å². The largest absolute Gasteiger partial charge is 0.383 e. The molecule has 0 atom stereocenters. The molecule has 138 valence electrons. The zero-order valence-electron chi connectivity index (χ0n) is 14.8. The Labute approximate surface area is 164 Å². The van der Waals surface area contributed by atoms with Crippen LogP contribution >= 0.6 is 11.3 Å². The monoisotopic (exact) mass is 387 g/mol. The first kappa shape index (κ1) is 16.7. The number of hydrogen-bond acceptors (Lipinski definition) is 7. The fourth-order valence-corrected chi connectivity index (χ4v) is 4.46. The second kappa shape index (κ2) is 6.29. The molecular weight excluding hydrogens is 370 g/mol. The number of aromatic nitrogens is 4. The summed E-state index contributed by atoms with van der Waals surface area (Å²) in [5.74, 6) is 0.510. The summed E-state index contributed by atoms with van der Waals surface area (Å²) in [6.45, 7) is 0.526. The van der Waals surface area contributed by atoms with E-state index in [1.54, 1.807) is 23.7 Å². The molecule has 0 aliphatic heterocycles. The lowest BCUT2D eigenvalue weighted by Gasteiger charge is -2.08. The molecule has 0 radical (unpaired) electrons. The summed E-state index contributed by atoms with van der Waals surface area (Å²) >= 11 is 1.73. The highest BCUT2D eigenvalue weighted by atomic mass is 32.1. The summed E-state index contributed by atoms with van der Waals surface area (Å²) in [5.41, 5.74) is 22.3. The number of fused-ring (bicyclic) bond motifs is 2. The third-order valence-corrected chi connectivity index (χ3v) is 5.93. The van der Waals surface area contributed by atoms with Gasteiger partial charge in [0.15, 0.2) is 0 Å². The summed E-state index contributed by atoms with van der Waals surface area (Å²) in [6, 6.07) is 12.6. The van der Waals surface area contributed by atoms with Gasteiger partial charge < -0.3 is 17.2 Å². The van der Waals surface area contributed by atoms with Gasteiger partial charge in [0, 0.05) is 38.8 Å². The molecule has 3 aromatic heterocycles. The zero-order valence-corrected chi connectivity index (χ0v) is 15.6. The van der Waals surface area contributed by atoms with Gasteiger partial charge in [0.05, 0.1) is 11.7 Å². The molecule has 5 aromatic rings. The molecule has 0 aliphatic carbocycles. The van der Waals surface area contributed by atoms with Crippen LogP contribution in [0.15, 0.2) is 48.8 Å². The number of thiophene rings is 1. The van der Waals surface area contributed by atoms with Gasteiger partial charge in [-0.1, -0.05) is 6.07 Å². The molecule has 8 heteroatoms. The van der Waals surface area contributed by atoms with Crippen molar-refractivity contribution in [2.75, 3.05) is 11.5 Å². The predicted octanol–water partition coefficient (Wildman–Crippen LogP) is 3.52. The van der Waals surface area contributed by atoms with Gasteiger partial charge >= 0.3 is 0 Å². The van der Waals surface area contributed by atoms with Crippen molar-refractivity contribution in [1.29, 1.82) is 0 Å². The normalized spacial score (nSPS) is 11.5. The van der Waals surface area contributed by atoms with E-state index in [1.165, 1.54) is 10.1 Å². The Hall–Kier alpha value is -3.49. The minimum Gasteiger partial charge on any atom is -0.383 e. The Balaban J connectivity index is 1.74. The van der Waals surface area contributed by atoms with Crippen molar-refractivity contribution in [2.24, 2.45) is 5.73 Å². The molecule has 7 N–H and O–H groups in total. The molecule has 0 fully saturated rings. The summed E-state index contributed by atoms with van der Waals surface area (Å²) in [7, 11) is 0.